The lowest BCUT2D eigenvalue weighted by atomic mass is 10.0. The lowest BCUT2D eigenvalue weighted by Crippen LogP contribution is -2.01. The summed E-state index contributed by atoms with van der Waals surface area (Å²) in [5.74, 6) is 0.373. The number of rotatable bonds is 6. The maximum atomic E-state index is 14.5. The third-order valence-electron chi connectivity index (χ3n) is 12.6. The van der Waals surface area contributed by atoms with E-state index in [0.717, 1.165) is 88.0 Å². The van der Waals surface area contributed by atoms with Crippen LogP contribution in [0.5, 0.6) is 0 Å². The van der Waals surface area contributed by atoms with Gasteiger partial charge in [-0.25, -0.2) is 8.78 Å². The van der Waals surface area contributed by atoms with Gasteiger partial charge in [-0.15, -0.1) is 10.2 Å². The molecular formula is C56H34F2N6. The Morgan fingerprint density at radius 1 is 0.297 bits per heavy atom. The van der Waals surface area contributed by atoms with Crippen LogP contribution < -0.4 is 0 Å². The molecule has 302 valence electrons. The summed E-state index contributed by atoms with van der Waals surface area (Å²) in [4.78, 5) is 0. The Balaban J connectivity index is 1.27. The van der Waals surface area contributed by atoms with E-state index in [1.807, 2.05) is 4.57 Å². The van der Waals surface area contributed by atoms with Crippen molar-refractivity contribution in [2.45, 2.75) is 0 Å². The van der Waals surface area contributed by atoms with Gasteiger partial charge in [0, 0.05) is 66.2 Å². The zero-order valence-corrected chi connectivity index (χ0v) is 34.1. The molecule has 0 aliphatic rings. The van der Waals surface area contributed by atoms with Gasteiger partial charge in [0.2, 0.25) is 0 Å². The van der Waals surface area contributed by atoms with E-state index in [9.17, 15) is 8.78 Å². The molecule has 4 heterocycles. The second-order valence-corrected chi connectivity index (χ2v) is 16.1. The van der Waals surface area contributed by atoms with Gasteiger partial charge in [-0.05, 0) is 115 Å². The molecular weight excluding hydrogens is 795 g/mol. The minimum Gasteiger partial charge on any atom is -0.308 e. The monoisotopic (exact) mass is 828 g/mol. The number of halogens is 2. The normalized spacial score (nSPS) is 11.9. The molecule has 0 spiro atoms. The molecule has 0 saturated carbocycles. The van der Waals surface area contributed by atoms with Gasteiger partial charge in [-0.3, -0.25) is 4.57 Å². The topological polar surface area (TPSA) is 45.5 Å². The van der Waals surface area contributed by atoms with Crippen molar-refractivity contribution in [1.29, 1.82) is 0 Å². The van der Waals surface area contributed by atoms with Crippen molar-refractivity contribution in [2.24, 2.45) is 0 Å². The number of aromatic nitrogens is 6. The molecule has 0 bridgehead atoms. The van der Waals surface area contributed by atoms with Gasteiger partial charge in [0.05, 0.1) is 33.1 Å². The highest BCUT2D eigenvalue weighted by Crippen LogP contribution is 2.50. The Morgan fingerprint density at radius 3 is 1.14 bits per heavy atom. The Kier molecular flexibility index (Phi) is 7.86. The van der Waals surface area contributed by atoms with E-state index in [1.54, 1.807) is 24.3 Å². The number of nitrogens with zero attached hydrogens (tertiary/aromatic N) is 6. The van der Waals surface area contributed by atoms with E-state index in [2.05, 4.69) is 171 Å². The SMILES string of the molecule is Fc1ccc(-c2nnc(-c3ccc4c(c3)c3c5c(c6ccccc6n5-c5ccccc5)c5c(c6ccccc6n5-c5ccccc5)c3n4-c3ccccc3)n2-c2ccc(F)cc2)cc1. The summed E-state index contributed by atoms with van der Waals surface area (Å²) in [5.41, 5.74) is 11.8. The van der Waals surface area contributed by atoms with Crippen molar-refractivity contribution in [1.82, 2.24) is 28.5 Å². The van der Waals surface area contributed by atoms with Crippen LogP contribution in [0.2, 0.25) is 0 Å². The lowest BCUT2D eigenvalue weighted by Gasteiger charge is -2.13. The molecule has 9 aromatic carbocycles. The van der Waals surface area contributed by atoms with Gasteiger partial charge in [0.1, 0.15) is 11.6 Å². The highest BCUT2D eigenvalue weighted by molar-refractivity contribution is 6.40. The van der Waals surface area contributed by atoms with E-state index in [1.165, 1.54) is 24.3 Å². The minimum absolute atomic E-state index is 0.350. The van der Waals surface area contributed by atoms with Crippen molar-refractivity contribution in [3.8, 4) is 45.5 Å². The number of benzene rings is 9. The average molecular weight is 829 g/mol. The van der Waals surface area contributed by atoms with Crippen molar-refractivity contribution < 1.29 is 8.78 Å². The van der Waals surface area contributed by atoms with Crippen LogP contribution in [0.15, 0.2) is 206 Å². The summed E-state index contributed by atoms with van der Waals surface area (Å²) in [5, 5.41) is 16.2. The van der Waals surface area contributed by atoms with Crippen LogP contribution >= 0.6 is 0 Å². The molecule has 0 unspecified atom stereocenters. The zero-order valence-electron chi connectivity index (χ0n) is 34.1. The van der Waals surface area contributed by atoms with Crippen molar-refractivity contribution in [3.63, 3.8) is 0 Å². The summed E-state index contributed by atoms with van der Waals surface area (Å²) >= 11 is 0. The lowest BCUT2D eigenvalue weighted by molar-refractivity contribution is 0.627. The summed E-state index contributed by atoms with van der Waals surface area (Å²) in [6.45, 7) is 0. The van der Waals surface area contributed by atoms with Crippen LogP contribution in [0.4, 0.5) is 8.78 Å². The van der Waals surface area contributed by atoms with E-state index in [4.69, 9.17) is 10.2 Å². The second kappa shape index (κ2) is 14.0. The van der Waals surface area contributed by atoms with Crippen LogP contribution in [0, 0.1) is 11.6 Å². The number of hydrogen-bond donors (Lipinski definition) is 0. The molecule has 0 atom stereocenters. The van der Waals surface area contributed by atoms with Gasteiger partial charge in [0.15, 0.2) is 11.6 Å². The molecule has 64 heavy (non-hydrogen) atoms. The molecule has 8 heteroatoms. The Morgan fingerprint density at radius 2 is 0.656 bits per heavy atom. The Labute approximate surface area is 364 Å². The fourth-order valence-electron chi connectivity index (χ4n) is 9.97. The average Bonchev–Trinajstić information content (AvgIpc) is 4.11. The van der Waals surface area contributed by atoms with Gasteiger partial charge < -0.3 is 13.7 Å². The highest BCUT2D eigenvalue weighted by atomic mass is 19.1. The predicted molar refractivity (Wildman–Crippen MR) is 255 cm³/mol. The molecule has 6 nitrogen and oxygen atoms in total. The van der Waals surface area contributed by atoms with Gasteiger partial charge >= 0.3 is 0 Å². The quantitative estimate of drug-likeness (QED) is 0.168. The molecule has 13 aromatic rings. The summed E-state index contributed by atoms with van der Waals surface area (Å²) in [7, 11) is 0. The molecule has 0 fully saturated rings. The van der Waals surface area contributed by atoms with Gasteiger partial charge in [-0.1, -0.05) is 91.0 Å². The smallest absolute Gasteiger partial charge is 0.168 e. The maximum absolute atomic E-state index is 14.5. The maximum Gasteiger partial charge on any atom is 0.168 e. The largest absolute Gasteiger partial charge is 0.308 e. The Bertz CT molecular complexity index is 3900. The predicted octanol–water partition coefficient (Wildman–Crippen LogP) is 14.2. The van der Waals surface area contributed by atoms with E-state index >= 15 is 0 Å². The zero-order chi connectivity index (χ0) is 42.5. The molecule has 13 rings (SSSR count). The standard InChI is InChI=1S/C56H34F2N6/c57-37-27-24-35(25-28-37)55-59-60-56(64(55)42-31-29-38(58)30-32-42)36-26-33-48-45(34-36)51-53-49(44-21-11-13-23-47(44)62(53)40-16-6-2-7-17-40)52-50(54(51)63(48)41-18-8-3-9-19-41)43-20-10-12-22-46(43)61(52)39-14-4-1-5-15-39/h1-34H. The van der Waals surface area contributed by atoms with Crippen molar-refractivity contribution in [3.05, 3.63) is 218 Å². The molecule has 4 aromatic heterocycles. The van der Waals surface area contributed by atoms with Gasteiger partial charge in [-0.2, -0.15) is 0 Å². The first-order valence-electron chi connectivity index (χ1n) is 21.2. The van der Waals surface area contributed by atoms with E-state index < -0.39 is 0 Å². The van der Waals surface area contributed by atoms with Gasteiger partial charge in [0.25, 0.3) is 0 Å². The molecule has 0 aliphatic carbocycles. The summed E-state index contributed by atoms with van der Waals surface area (Å²) < 4.78 is 37.9. The first kappa shape index (κ1) is 36.1. The summed E-state index contributed by atoms with van der Waals surface area (Å²) in [6, 6.07) is 68.3. The van der Waals surface area contributed by atoms with Crippen LogP contribution in [0.25, 0.3) is 111 Å². The van der Waals surface area contributed by atoms with Crippen LogP contribution in [0.3, 0.4) is 0 Å². The number of fused-ring (bicyclic) bond motifs is 12. The highest BCUT2D eigenvalue weighted by Gasteiger charge is 2.29. The van der Waals surface area contributed by atoms with Crippen molar-refractivity contribution in [2.75, 3.05) is 0 Å². The fourth-order valence-corrected chi connectivity index (χ4v) is 9.97. The Hall–Kier alpha value is -8.62. The molecule has 0 amide bonds. The third-order valence-corrected chi connectivity index (χ3v) is 12.6. The minimum atomic E-state index is -0.352. The third kappa shape index (κ3) is 5.23. The van der Waals surface area contributed by atoms with E-state index in [0.29, 0.717) is 22.9 Å². The second-order valence-electron chi connectivity index (χ2n) is 16.1. The van der Waals surface area contributed by atoms with E-state index in [-0.39, 0.29) is 11.6 Å². The number of hydrogen-bond acceptors (Lipinski definition) is 2. The first-order chi connectivity index (χ1) is 31.6. The van der Waals surface area contributed by atoms with Crippen LogP contribution in [0.1, 0.15) is 0 Å². The van der Waals surface area contributed by atoms with Crippen molar-refractivity contribution >= 4 is 65.4 Å². The summed E-state index contributed by atoms with van der Waals surface area (Å²) in [6.07, 6.45) is 0. The fraction of sp³-hybridized carbons (Fsp3) is 0. The molecule has 0 saturated heterocycles. The van der Waals surface area contributed by atoms with Crippen LogP contribution in [-0.4, -0.2) is 28.5 Å². The number of para-hydroxylation sites is 5. The molecule has 0 radical (unpaired) electrons. The molecule has 0 aliphatic heterocycles. The van der Waals surface area contributed by atoms with Crippen LogP contribution in [-0.2, 0) is 0 Å². The molecule has 0 N–H and O–H groups in total. The first-order valence-corrected chi connectivity index (χ1v) is 21.2.